The molecule has 0 aromatic carbocycles. The summed E-state index contributed by atoms with van der Waals surface area (Å²) in [5, 5.41) is 0. The van der Waals surface area contributed by atoms with Gasteiger partial charge >= 0.3 is 0 Å². The summed E-state index contributed by atoms with van der Waals surface area (Å²) >= 11 is 0. The van der Waals surface area contributed by atoms with Crippen LogP contribution in [0.25, 0.3) is 0 Å². The lowest BCUT2D eigenvalue weighted by atomic mass is 10.2. The molecular weight excluding hydrogens is 238 g/mol. The maximum atomic E-state index is 5.59. The van der Waals surface area contributed by atoms with Crippen molar-refractivity contribution >= 4 is 5.95 Å². The van der Waals surface area contributed by atoms with E-state index in [2.05, 4.69) is 25.9 Å². The Morgan fingerprint density at radius 1 is 1.21 bits per heavy atom. The fourth-order valence-corrected chi connectivity index (χ4v) is 1.79. The molecule has 0 aliphatic heterocycles. The molecule has 5 nitrogen and oxygen atoms in total. The molecule has 2 N–H and O–H groups in total. The minimum Gasteiger partial charge on any atom is -0.336 e. The molecule has 0 saturated heterocycles. The van der Waals surface area contributed by atoms with Gasteiger partial charge in [0.2, 0.25) is 5.95 Å². The maximum absolute atomic E-state index is 5.59. The van der Waals surface area contributed by atoms with E-state index in [1.165, 1.54) is 0 Å². The van der Waals surface area contributed by atoms with Crippen molar-refractivity contribution in [2.75, 3.05) is 18.0 Å². The number of nitrogens with zero attached hydrogens (tertiary/aromatic N) is 4. The van der Waals surface area contributed by atoms with Gasteiger partial charge in [-0.1, -0.05) is 6.07 Å². The molecule has 2 rings (SSSR count). The van der Waals surface area contributed by atoms with Crippen molar-refractivity contribution in [2.24, 2.45) is 5.73 Å². The van der Waals surface area contributed by atoms with Crippen LogP contribution < -0.4 is 10.6 Å². The number of aromatic nitrogens is 3. The minimum absolute atomic E-state index is 0.662. The van der Waals surface area contributed by atoms with Gasteiger partial charge in [0, 0.05) is 37.9 Å². The first-order valence-electron chi connectivity index (χ1n) is 6.42. The van der Waals surface area contributed by atoms with Crippen LogP contribution in [0.3, 0.4) is 0 Å². The molecule has 0 radical (unpaired) electrons. The van der Waals surface area contributed by atoms with Gasteiger partial charge in [0.05, 0.1) is 0 Å². The summed E-state index contributed by atoms with van der Waals surface area (Å²) in [6.07, 6.45) is 8.22. The Hall–Kier alpha value is -2.01. The Bertz CT molecular complexity index is 483. The Morgan fingerprint density at radius 2 is 2.00 bits per heavy atom. The summed E-state index contributed by atoms with van der Waals surface area (Å²) in [6, 6.07) is 3.99. The number of nitrogens with two attached hydrogens (primary N) is 1. The summed E-state index contributed by atoms with van der Waals surface area (Å²) < 4.78 is 0. The van der Waals surface area contributed by atoms with Crippen LogP contribution in [-0.4, -0.2) is 28.0 Å². The van der Waals surface area contributed by atoms with Crippen LogP contribution in [0.1, 0.15) is 17.5 Å². The molecule has 0 unspecified atom stereocenters. The molecule has 2 aromatic heterocycles. The largest absolute Gasteiger partial charge is 0.336 e. The first-order valence-corrected chi connectivity index (χ1v) is 6.42. The summed E-state index contributed by atoms with van der Waals surface area (Å²) in [5.74, 6) is 0.739. The third-order valence-electron chi connectivity index (χ3n) is 2.78. The van der Waals surface area contributed by atoms with Crippen LogP contribution in [-0.2, 0) is 6.54 Å². The van der Waals surface area contributed by atoms with E-state index in [1.807, 2.05) is 31.6 Å². The monoisotopic (exact) mass is 257 g/mol. The lowest BCUT2D eigenvalue weighted by Crippen LogP contribution is -2.27. The van der Waals surface area contributed by atoms with Crippen molar-refractivity contribution in [3.63, 3.8) is 0 Å². The van der Waals surface area contributed by atoms with E-state index < -0.39 is 0 Å². The van der Waals surface area contributed by atoms with E-state index in [4.69, 9.17) is 5.73 Å². The number of rotatable bonds is 6. The highest BCUT2D eigenvalue weighted by Crippen LogP contribution is 2.11. The normalized spacial score (nSPS) is 10.4. The van der Waals surface area contributed by atoms with Gasteiger partial charge in [-0.25, -0.2) is 9.97 Å². The second-order valence-electron chi connectivity index (χ2n) is 4.49. The van der Waals surface area contributed by atoms with Gasteiger partial charge in [-0.15, -0.1) is 0 Å². The van der Waals surface area contributed by atoms with Crippen LogP contribution >= 0.6 is 0 Å². The van der Waals surface area contributed by atoms with E-state index >= 15 is 0 Å². The first kappa shape index (κ1) is 13.4. The molecule has 0 bridgehead atoms. The second-order valence-corrected chi connectivity index (χ2v) is 4.49. The van der Waals surface area contributed by atoms with Crippen molar-refractivity contribution in [1.82, 2.24) is 15.0 Å². The fraction of sp³-hybridized carbons (Fsp3) is 0.357. The first-order chi connectivity index (χ1) is 9.29. The lowest BCUT2D eigenvalue weighted by molar-refractivity contribution is 0.712. The molecule has 0 fully saturated rings. The number of aryl methyl sites for hydroxylation is 1. The van der Waals surface area contributed by atoms with Gasteiger partial charge in [-0.2, -0.15) is 0 Å². The van der Waals surface area contributed by atoms with Crippen LogP contribution in [0.15, 0.2) is 36.9 Å². The molecule has 2 heterocycles. The summed E-state index contributed by atoms with van der Waals surface area (Å²) in [6.45, 7) is 4.23. The third-order valence-corrected chi connectivity index (χ3v) is 2.78. The van der Waals surface area contributed by atoms with Gasteiger partial charge in [0.15, 0.2) is 0 Å². The Labute approximate surface area is 113 Å². The van der Waals surface area contributed by atoms with Crippen LogP contribution in [0.4, 0.5) is 5.95 Å². The topological polar surface area (TPSA) is 67.9 Å². The number of anilines is 1. The zero-order chi connectivity index (χ0) is 13.5. The average Bonchev–Trinajstić information content (AvgIpc) is 2.45. The Kier molecular flexibility index (Phi) is 4.80. The highest BCUT2D eigenvalue weighted by Gasteiger charge is 2.09. The van der Waals surface area contributed by atoms with Crippen LogP contribution in [0, 0.1) is 6.92 Å². The molecule has 5 heteroatoms. The van der Waals surface area contributed by atoms with Crippen molar-refractivity contribution in [3.05, 3.63) is 48.0 Å². The predicted molar refractivity (Wildman–Crippen MR) is 75.7 cm³/mol. The van der Waals surface area contributed by atoms with E-state index in [-0.39, 0.29) is 0 Å². The third kappa shape index (κ3) is 3.99. The number of hydrogen-bond donors (Lipinski definition) is 1. The predicted octanol–water partition coefficient (Wildman–Crippen LogP) is 1.54. The van der Waals surface area contributed by atoms with Gasteiger partial charge in [0.1, 0.15) is 0 Å². The molecule has 0 spiro atoms. The summed E-state index contributed by atoms with van der Waals surface area (Å²) in [4.78, 5) is 15.0. The average molecular weight is 257 g/mol. The van der Waals surface area contributed by atoms with E-state index in [9.17, 15) is 0 Å². The van der Waals surface area contributed by atoms with E-state index in [1.54, 1.807) is 6.20 Å². The minimum atomic E-state index is 0.662. The van der Waals surface area contributed by atoms with Gasteiger partial charge in [-0.3, -0.25) is 4.98 Å². The van der Waals surface area contributed by atoms with E-state index in [0.29, 0.717) is 6.54 Å². The van der Waals surface area contributed by atoms with Gasteiger partial charge < -0.3 is 10.6 Å². The molecule has 0 atom stereocenters. The van der Waals surface area contributed by atoms with Crippen molar-refractivity contribution in [3.8, 4) is 0 Å². The molecule has 0 aliphatic carbocycles. The standard InChI is InChI=1S/C14H19N5/c1-12-8-17-14(18-9-12)19(7-3-5-15)11-13-4-2-6-16-10-13/h2,4,6,8-10H,3,5,7,11,15H2,1H3. The van der Waals surface area contributed by atoms with Crippen molar-refractivity contribution in [2.45, 2.75) is 19.9 Å². The SMILES string of the molecule is Cc1cnc(N(CCCN)Cc2cccnc2)nc1. The maximum Gasteiger partial charge on any atom is 0.225 e. The Balaban J connectivity index is 2.13. The molecular formula is C14H19N5. The molecule has 0 amide bonds. The van der Waals surface area contributed by atoms with E-state index in [0.717, 1.165) is 36.6 Å². The smallest absolute Gasteiger partial charge is 0.225 e. The molecule has 19 heavy (non-hydrogen) atoms. The van der Waals surface area contributed by atoms with Gasteiger partial charge in [-0.05, 0) is 37.1 Å². The number of pyridine rings is 1. The second kappa shape index (κ2) is 6.80. The molecule has 0 saturated carbocycles. The highest BCUT2D eigenvalue weighted by atomic mass is 15.2. The number of hydrogen-bond acceptors (Lipinski definition) is 5. The van der Waals surface area contributed by atoms with Crippen molar-refractivity contribution in [1.29, 1.82) is 0 Å². The zero-order valence-corrected chi connectivity index (χ0v) is 11.2. The molecule has 0 aliphatic rings. The quantitative estimate of drug-likeness (QED) is 0.850. The highest BCUT2D eigenvalue weighted by molar-refractivity contribution is 5.31. The zero-order valence-electron chi connectivity index (χ0n) is 11.2. The molecule has 2 aromatic rings. The van der Waals surface area contributed by atoms with Crippen LogP contribution in [0.2, 0.25) is 0 Å². The van der Waals surface area contributed by atoms with Crippen LogP contribution in [0.5, 0.6) is 0 Å². The summed E-state index contributed by atoms with van der Waals surface area (Å²) in [7, 11) is 0. The Morgan fingerprint density at radius 3 is 2.63 bits per heavy atom. The van der Waals surface area contributed by atoms with Crippen molar-refractivity contribution < 1.29 is 0 Å². The summed E-state index contributed by atoms with van der Waals surface area (Å²) in [5.41, 5.74) is 7.79. The molecule has 100 valence electrons. The fourth-order valence-electron chi connectivity index (χ4n) is 1.79. The lowest BCUT2D eigenvalue weighted by Gasteiger charge is -2.22. The van der Waals surface area contributed by atoms with Gasteiger partial charge in [0.25, 0.3) is 0 Å².